The third kappa shape index (κ3) is 3.91. The normalized spacial score (nSPS) is 22.4. The maximum Gasteiger partial charge on any atom is 0.387 e. The number of piperidine rings is 1. The van der Waals surface area contributed by atoms with Gasteiger partial charge in [-0.05, 0) is 43.0 Å². The maximum absolute atomic E-state index is 12.4. The number of amides is 1. The van der Waals surface area contributed by atoms with Crippen LogP contribution in [0.25, 0.3) is 0 Å². The van der Waals surface area contributed by atoms with Crippen LogP contribution in [0.3, 0.4) is 0 Å². The van der Waals surface area contributed by atoms with E-state index in [9.17, 15) is 13.6 Å². The van der Waals surface area contributed by atoms with E-state index in [4.69, 9.17) is 5.73 Å². The molecule has 1 heterocycles. The molecule has 116 valence electrons. The highest BCUT2D eigenvalue weighted by molar-refractivity contribution is 5.94. The Labute approximate surface area is 122 Å². The first-order chi connectivity index (χ1) is 10.0. The van der Waals surface area contributed by atoms with Crippen molar-refractivity contribution >= 4 is 5.91 Å². The second kappa shape index (κ2) is 6.85. The summed E-state index contributed by atoms with van der Waals surface area (Å²) >= 11 is 0. The molecule has 1 aromatic carbocycles. The first kappa shape index (κ1) is 15.7. The van der Waals surface area contributed by atoms with Crippen molar-refractivity contribution in [1.82, 2.24) is 4.90 Å². The standard InChI is InChI=1S/C15H20F2N2O2/c1-10-5-6-19(9-12(10)8-18)14(20)11-3-2-4-13(7-11)21-15(16)17/h2-4,7,10,12,15H,5-6,8-9,18H2,1H3. The summed E-state index contributed by atoms with van der Waals surface area (Å²) in [5.41, 5.74) is 6.09. The molecule has 2 rings (SSSR count). The number of nitrogens with two attached hydrogens (primary N) is 1. The zero-order valence-electron chi connectivity index (χ0n) is 12.0. The summed E-state index contributed by atoms with van der Waals surface area (Å²) in [6.07, 6.45) is 0.904. The van der Waals surface area contributed by atoms with Crippen molar-refractivity contribution < 1.29 is 18.3 Å². The Morgan fingerprint density at radius 3 is 2.95 bits per heavy atom. The lowest BCUT2D eigenvalue weighted by molar-refractivity contribution is -0.0499. The molecule has 1 aliphatic heterocycles. The number of likely N-dealkylation sites (tertiary alicyclic amines) is 1. The van der Waals surface area contributed by atoms with Gasteiger partial charge in [0.2, 0.25) is 0 Å². The molecule has 0 spiro atoms. The molecular weight excluding hydrogens is 278 g/mol. The van der Waals surface area contributed by atoms with E-state index < -0.39 is 6.61 Å². The first-order valence-corrected chi connectivity index (χ1v) is 7.05. The molecule has 2 N–H and O–H groups in total. The third-order valence-corrected chi connectivity index (χ3v) is 4.01. The van der Waals surface area contributed by atoms with E-state index in [1.165, 1.54) is 18.2 Å². The average molecular weight is 298 g/mol. The molecule has 1 amide bonds. The zero-order valence-corrected chi connectivity index (χ0v) is 12.0. The van der Waals surface area contributed by atoms with Crippen molar-refractivity contribution in [3.63, 3.8) is 0 Å². The maximum atomic E-state index is 12.4. The summed E-state index contributed by atoms with van der Waals surface area (Å²) in [4.78, 5) is 14.2. The Balaban J connectivity index is 2.09. The molecule has 6 heteroatoms. The summed E-state index contributed by atoms with van der Waals surface area (Å²) in [7, 11) is 0. The third-order valence-electron chi connectivity index (χ3n) is 4.01. The van der Waals surface area contributed by atoms with Crippen LogP contribution in [0.5, 0.6) is 5.75 Å². The van der Waals surface area contributed by atoms with Gasteiger partial charge in [0.1, 0.15) is 5.75 Å². The topological polar surface area (TPSA) is 55.6 Å². The minimum atomic E-state index is -2.90. The van der Waals surface area contributed by atoms with E-state index in [1.54, 1.807) is 11.0 Å². The van der Waals surface area contributed by atoms with Crippen LogP contribution < -0.4 is 10.5 Å². The van der Waals surface area contributed by atoms with Gasteiger partial charge >= 0.3 is 6.61 Å². The van der Waals surface area contributed by atoms with Crippen LogP contribution in [-0.4, -0.2) is 37.1 Å². The Kier molecular flexibility index (Phi) is 5.12. The molecule has 2 atom stereocenters. The summed E-state index contributed by atoms with van der Waals surface area (Å²) in [5, 5.41) is 0. The van der Waals surface area contributed by atoms with Crippen LogP contribution in [0.4, 0.5) is 8.78 Å². The van der Waals surface area contributed by atoms with E-state index in [0.29, 0.717) is 31.1 Å². The molecule has 1 fully saturated rings. The monoisotopic (exact) mass is 298 g/mol. The Hall–Kier alpha value is -1.69. The molecule has 0 bridgehead atoms. The zero-order chi connectivity index (χ0) is 15.4. The van der Waals surface area contributed by atoms with Crippen LogP contribution in [-0.2, 0) is 0 Å². The van der Waals surface area contributed by atoms with Crippen LogP contribution in [0, 0.1) is 11.8 Å². The van der Waals surface area contributed by atoms with E-state index in [-0.39, 0.29) is 17.6 Å². The molecule has 1 aromatic rings. The number of carbonyl (C=O) groups excluding carboxylic acids is 1. The van der Waals surface area contributed by atoms with Crippen LogP contribution in [0.15, 0.2) is 24.3 Å². The fourth-order valence-electron chi connectivity index (χ4n) is 2.63. The number of rotatable bonds is 4. The van der Waals surface area contributed by atoms with Crippen molar-refractivity contribution in [2.75, 3.05) is 19.6 Å². The number of hydrogen-bond acceptors (Lipinski definition) is 3. The lowest BCUT2D eigenvalue weighted by Gasteiger charge is -2.36. The second-order valence-electron chi connectivity index (χ2n) is 5.42. The summed E-state index contributed by atoms with van der Waals surface area (Å²) in [6, 6.07) is 5.90. The van der Waals surface area contributed by atoms with E-state index in [1.807, 2.05) is 0 Å². The first-order valence-electron chi connectivity index (χ1n) is 7.05. The van der Waals surface area contributed by atoms with Gasteiger partial charge in [0.05, 0.1) is 0 Å². The molecule has 21 heavy (non-hydrogen) atoms. The van der Waals surface area contributed by atoms with Gasteiger partial charge < -0.3 is 15.4 Å². The van der Waals surface area contributed by atoms with Gasteiger partial charge in [0.25, 0.3) is 5.91 Å². The highest BCUT2D eigenvalue weighted by atomic mass is 19.3. The van der Waals surface area contributed by atoms with E-state index in [2.05, 4.69) is 11.7 Å². The molecule has 0 aliphatic carbocycles. The Morgan fingerprint density at radius 2 is 2.29 bits per heavy atom. The van der Waals surface area contributed by atoms with Crippen LogP contribution >= 0.6 is 0 Å². The molecule has 0 aromatic heterocycles. The lowest BCUT2D eigenvalue weighted by Crippen LogP contribution is -2.45. The van der Waals surface area contributed by atoms with Crippen molar-refractivity contribution in [3.8, 4) is 5.75 Å². The van der Waals surface area contributed by atoms with Crippen LogP contribution in [0.1, 0.15) is 23.7 Å². The van der Waals surface area contributed by atoms with Gasteiger partial charge in [-0.15, -0.1) is 0 Å². The van der Waals surface area contributed by atoms with Crippen molar-refractivity contribution in [2.45, 2.75) is 20.0 Å². The van der Waals surface area contributed by atoms with Crippen molar-refractivity contribution in [1.29, 1.82) is 0 Å². The molecular formula is C15H20F2N2O2. The predicted octanol–water partition coefficient (Wildman–Crippen LogP) is 2.34. The van der Waals surface area contributed by atoms with Gasteiger partial charge in [-0.1, -0.05) is 13.0 Å². The molecule has 4 nitrogen and oxygen atoms in total. The highest BCUT2D eigenvalue weighted by Crippen LogP contribution is 2.24. The molecule has 1 aliphatic rings. The van der Waals surface area contributed by atoms with Gasteiger partial charge in [-0.25, -0.2) is 0 Å². The number of hydrogen-bond donors (Lipinski definition) is 1. The van der Waals surface area contributed by atoms with E-state index >= 15 is 0 Å². The summed E-state index contributed by atoms with van der Waals surface area (Å²) in [5.74, 6) is 0.604. The van der Waals surface area contributed by atoms with Crippen molar-refractivity contribution in [3.05, 3.63) is 29.8 Å². The SMILES string of the molecule is CC1CCN(C(=O)c2cccc(OC(F)F)c2)CC1CN. The number of alkyl halides is 2. The number of ether oxygens (including phenoxy) is 1. The smallest absolute Gasteiger partial charge is 0.387 e. The number of carbonyl (C=O) groups is 1. The summed E-state index contributed by atoms with van der Waals surface area (Å²) in [6.45, 7) is 1.05. The van der Waals surface area contributed by atoms with Gasteiger partial charge in [-0.3, -0.25) is 4.79 Å². The van der Waals surface area contributed by atoms with E-state index in [0.717, 1.165) is 6.42 Å². The second-order valence-corrected chi connectivity index (χ2v) is 5.42. The minimum absolute atomic E-state index is 0.00315. The highest BCUT2D eigenvalue weighted by Gasteiger charge is 2.28. The van der Waals surface area contributed by atoms with Gasteiger partial charge in [0.15, 0.2) is 0 Å². The average Bonchev–Trinajstić information content (AvgIpc) is 2.46. The molecule has 0 radical (unpaired) electrons. The lowest BCUT2D eigenvalue weighted by atomic mass is 9.87. The number of benzene rings is 1. The molecule has 0 saturated carbocycles. The molecule has 2 unspecified atom stereocenters. The van der Waals surface area contributed by atoms with Gasteiger partial charge in [-0.2, -0.15) is 8.78 Å². The fraction of sp³-hybridized carbons (Fsp3) is 0.533. The predicted molar refractivity (Wildman–Crippen MR) is 75.3 cm³/mol. The Morgan fingerprint density at radius 1 is 1.52 bits per heavy atom. The minimum Gasteiger partial charge on any atom is -0.435 e. The number of nitrogens with zero attached hydrogens (tertiary/aromatic N) is 1. The Bertz CT molecular complexity index is 496. The van der Waals surface area contributed by atoms with Gasteiger partial charge in [0, 0.05) is 18.7 Å². The van der Waals surface area contributed by atoms with Crippen molar-refractivity contribution in [2.24, 2.45) is 17.6 Å². The molecule has 1 saturated heterocycles. The number of halogens is 2. The largest absolute Gasteiger partial charge is 0.435 e. The summed E-state index contributed by atoms with van der Waals surface area (Å²) < 4.78 is 28.8. The van der Waals surface area contributed by atoms with Crippen LogP contribution in [0.2, 0.25) is 0 Å². The quantitative estimate of drug-likeness (QED) is 0.928. The fourth-order valence-corrected chi connectivity index (χ4v) is 2.63.